The van der Waals surface area contributed by atoms with Gasteiger partial charge >= 0.3 is 6.18 Å². The molecule has 2 heterocycles. The molecule has 1 aromatic heterocycles. The van der Waals surface area contributed by atoms with Gasteiger partial charge in [-0.2, -0.15) is 23.1 Å². The molecule has 0 bridgehead atoms. The fourth-order valence-corrected chi connectivity index (χ4v) is 3.80. The minimum atomic E-state index is -4.51. The van der Waals surface area contributed by atoms with Gasteiger partial charge < -0.3 is 25.8 Å². The first kappa shape index (κ1) is 23.1. The van der Waals surface area contributed by atoms with Crippen LogP contribution in [-0.4, -0.2) is 66.3 Å². The molecule has 4 rings (SSSR count). The molecule has 12 heteroatoms. The molecule has 2 aliphatic rings. The van der Waals surface area contributed by atoms with Crippen LogP contribution in [0, 0.1) is 5.41 Å². The molecule has 2 fully saturated rings. The summed E-state index contributed by atoms with van der Waals surface area (Å²) in [6.07, 6.45) is -4.17. The van der Waals surface area contributed by atoms with Crippen LogP contribution < -0.4 is 15.5 Å². The summed E-state index contributed by atoms with van der Waals surface area (Å²) in [6.45, 7) is 1.27. The average molecular weight is 469 g/mol. The standard InChI is InChI=1S/C21H24F5N7/c1-32(2)15-10-33(11-15)18-16(9-27)17(28-13-5-3-4-12(6-13)21(24,25)26)30-19(31-18)29-14-7-20(22,23)8-14/h3-6,9,14-15,27H,7-8,10-11H2,1-2H3,(H2,28,29,30,31). The van der Waals surface area contributed by atoms with Gasteiger partial charge in [-0.15, -0.1) is 0 Å². The predicted octanol–water partition coefficient (Wildman–Crippen LogP) is 4.20. The number of nitrogens with one attached hydrogen (secondary N) is 3. The molecular weight excluding hydrogens is 445 g/mol. The lowest BCUT2D eigenvalue weighted by molar-refractivity contribution is -0.137. The highest BCUT2D eigenvalue weighted by Crippen LogP contribution is 2.39. The highest BCUT2D eigenvalue weighted by atomic mass is 19.4. The van der Waals surface area contributed by atoms with Crippen LogP contribution in [0.1, 0.15) is 24.0 Å². The van der Waals surface area contributed by atoms with Crippen LogP contribution in [0.4, 0.5) is 45.2 Å². The van der Waals surface area contributed by atoms with E-state index in [0.717, 1.165) is 18.3 Å². The molecule has 0 spiro atoms. The summed E-state index contributed by atoms with van der Waals surface area (Å²) < 4.78 is 65.9. The molecule has 2 aromatic rings. The van der Waals surface area contributed by atoms with E-state index in [2.05, 4.69) is 25.5 Å². The molecule has 0 unspecified atom stereocenters. The Kier molecular flexibility index (Phi) is 5.89. The minimum Gasteiger partial charge on any atom is -0.353 e. The fraction of sp³-hybridized carbons (Fsp3) is 0.476. The van der Waals surface area contributed by atoms with Crippen LogP contribution in [0.25, 0.3) is 0 Å². The summed E-state index contributed by atoms with van der Waals surface area (Å²) in [5, 5.41) is 13.6. The first-order chi connectivity index (χ1) is 15.4. The second-order valence-corrected chi connectivity index (χ2v) is 8.61. The Balaban J connectivity index is 1.66. The number of rotatable bonds is 7. The SMILES string of the molecule is CN(C)C1CN(c2nc(NC3CC(F)(F)C3)nc(Nc3cccc(C(F)(F)F)c3)c2C=N)C1. The summed E-state index contributed by atoms with van der Waals surface area (Å²) in [4.78, 5) is 12.7. The van der Waals surface area contributed by atoms with Crippen molar-refractivity contribution in [3.05, 3.63) is 35.4 Å². The lowest BCUT2D eigenvalue weighted by Gasteiger charge is -2.44. The Labute approximate surface area is 187 Å². The third-order valence-electron chi connectivity index (χ3n) is 5.84. The number of anilines is 4. The van der Waals surface area contributed by atoms with Crippen LogP contribution in [0.15, 0.2) is 24.3 Å². The summed E-state index contributed by atoms with van der Waals surface area (Å²) >= 11 is 0. The van der Waals surface area contributed by atoms with Gasteiger partial charge in [0.15, 0.2) is 0 Å². The van der Waals surface area contributed by atoms with Gasteiger partial charge in [-0.05, 0) is 32.3 Å². The van der Waals surface area contributed by atoms with Gasteiger partial charge in [0.1, 0.15) is 11.6 Å². The average Bonchev–Trinajstić information content (AvgIpc) is 2.64. The van der Waals surface area contributed by atoms with Crippen molar-refractivity contribution in [2.45, 2.75) is 37.0 Å². The first-order valence-corrected chi connectivity index (χ1v) is 10.4. The molecule has 33 heavy (non-hydrogen) atoms. The van der Waals surface area contributed by atoms with Crippen molar-refractivity contribution in [1.82, 2.24) is 14.9 Å². The predicted molar refractivity (Wildman–Crippen MR) is 116 cm³/mol. The Morgan fingerprint density at radius 3 is 2.45 bits per heavy atom. The molecule has 0 atom stereocenters. The molecule has 1 saturated heterocycles. The van der Waals surface area contributed by atoms with E-state index in [1.54, 1.807) is 0 Å². The summed E-state index contributed by atoms with van der Waals surface area (Å²) in [7, 11) is 3.90. The largest absolute Gasteiger partial charge is 0.416 e. The third-order valence-corrected chi connectivity index (χ3v) is 5.84. The first-order valence-electron chi connectivity index (χ1n) is 10.4. The molecular formula is C21H24F5N7. The topological polar surface area (TPSA) is 80.2 Å². The highest BCUT2D eigenvalue weighted by Gasteiger charge is 2.45. The quantitative estimate of drug-likeness (QED) is 0.417. The Morgan fingerprint density at radius 2 is 1.88 bits per heavy atom. The monoisotopic (exact) mass is 469 g/mol. The van der Waals surface area contributed by atoms with Crippen LogP contribution in [0.3, 0.4) is 0 Å². The second kappa shape index (κ2) is 8.40. The second-order valence-electron chi connectivity index (χ2n) is 8.61. The molecule has 0 radical (unpaired) electrons. The maximum Gasteiger partial charge on any atom is 0.416 e. The van der Waals surface area contributed by atoms with E-state index >= 15 is 0 Å². The maximum atomic E-state index is 13.3. The lowest BCUT2D eigenvalue weighted by Crippen LogP contribution is -2.58. The number of alkyl halides is 5. The number of hydrogen-bond acceptors (Lipinski definition) is 7. The molecule has 1 aliphatic heterocycles. The van der Waals surface area contributed by atoms with E-state index in [1.807, 2.05) is 19.0 Å². The highest BCUT2D eigenvalue weighted by molar-refractivity contribution is 5.93. The van der Waals surface area contributed by atoms with Gasteiger partial charge in [0.05, 0.1) is 11.1 Å². The van der Waals surface area contributed by atoms with Crippen molar-refractivity contribution >= 4 is 29.5 Å². The Bertz CT molecular complexity index is 1030. The van der Waals surface area contributed by atoms with E-state index in [0.29, 0.717) is 24.5 Å². The van der Waals surface area contributed by atoms with Crippen LogP contribution >= 0.6 is 0 Å². The molecule has 0 amide bonds. The van der Waals surface area contributed by atoms with Gasteiger partial charge in [0.25, 0.3) is 5.92 Å². The molecule has 3 N–H and O–H groups in total. The number of nitrogens with zero attached hydrogens (tertiary/aromatic N) is 4. The number of likely N-dealkylation sites (N-methyl/N-ethyl adjacent to an activating group) is 1. The number of aromatic nitrogens is 2. The lowest BCUT2D eigenvalue weighted by atomic mass is 9.88. The molecule has 178 valence electrons. The van der Waals surface area contributed by atoms with E-state index in [-0.39, 0.29) is 36.3 Å². The molecule has 7 nitrogen and oxygen atoms in total. The summed E-state index contributed by atoms with van der Waals surface area (Å²) in [6, 6.07) is 4.39. The van der Waals surface area contributed by atoms with Crippen molar-refractivity contribution in [2.75, 3.05) is 42.7 Å². The van der Waals surface area contributed by atoms with E-state index in [4.69, 9.17) is 5.41 Å². The van der Waals surface area contributed by atoms with E-state index < -0.39 is 23.7 Å². The zero-order valence-corrected chi connectivity index (χ0v) is 18.0. The Morgan fingerprint density at radius 1 is 1.18 bits per heavy atom. The van der Waals surface area contributed by atoms with Gasteiger partial charge in [-0.25, -0.2) is 8.78 Å². The Hall–Kier alpha value is -3.02. The fourth-order valence-electron chi connectivity index (χ4n) is 3.80. The maximum absolute atomic E-state index is 13.3. The minimum absolute atomic E-state index is 0.0823. The van der Waals surface area contributed by atoms with Crippen LogP contribution in [0.2, 0.25) is 0 Å². The van der Waals surface area contributed by atoms with Crippen LogP contribution in [-0.2, 0) is 6.18 Å². The molecule has 1 aromatic carbocycles. The number of benzene rings is 1. The van der Waals surface area contributed by atoms with Crippen molar-refractivity contribution < 1.29 is 22.0 Å². The van der Waals surface area contributed by atoms with Gasteiger partial charge in [-0.3, -0.25) is 0 Å². The molecule has 1 aliphatic carbocycles. The van der Waals surface area contributed by atoms with Gasteiger partial charge in [0.2, 0.25) is 5.95 Å². The van der Waals surface area contributed by atoms with Crippen molar-refractivity contribution in [1.29, 1.82) is 5.41 Å². The van der Waals surface area contributed by atoms with Gasteiger partial charge in [0, 0.05) is 49.9 Å². The number of halogens is 5. The third kappa shape index (κ3) is 5.00. The summed E-state index contributed by atoms with van der Waals surface area (Å²) in [5.74, 6) is -2.11. The zero-order chi connectivity index (χ0) is 24.0. The van der Waals surface area contributed by atoms with Crippen molar-refractivity contribution in [3.8, 4) is 0 Å². The number of hydrogen-bond donors (Lipinski definition) is 3. The zero-order valence-electron chi connectivity index (χ0n) is 18.0. The van der Waals surface area contributed by atoms with Crippen LogP contribution in [0.5, 0.6) is 0 Å². The van der Waals surface area contributed by atoms with Crippen molar-refractivity contribution in [2.24, 2.45) is 0 Å². The smallest absolute Gasteiger partial charge is 0.353 e. The van der Waals surface area contributed by atoms with Gasteiger partial charge in [-0.1, -0.05) is 6.07 Å². The van der Waals surface area contributed by atoms with E-state index in [1.165, 1.54) is 12.1 Å². The molecule has 1 saturated carbocycles. The van der Waals surface area contributed by atoms with E-state index in [9.17, 15) is 22.0 Å². The normalized spacial score (nSPS) is 18.6. The summed E-state index contributed by atoms with van der Waals surface area (Å²) in [5.41, 5.74) is -0.396. The van der Waals surface area contributed by atoms with Crippen molar-refractivity contribution in [3.63, 3.8) is 0 Å².